The van der Waals surface area contributed by atoms with Gasteiger partial charge in [0.1, 0.15) is 5.75 Å². The SMILES string of the molecule is CCc1c(Br)cc(-c2cnoc2N)cc1OC. The summed E-state index contributed by atoms with van der Waals surface area (Å²) in [7, 11) is 1.65. The summed E-state index contributed by atoms with van der Waals surface area (Å²) < 4.78 is 11.2. The Morgan fingerprint density at radius 3 is 2.76 bits per heavy atom. The maximum atomic E-state index is 5.70. The lowest BCUT2D eigenvalue weighted by Gasteiger charge is -2.11. The van der Waals surface area contributed by atoms with Crippen LogP contribution in [0.15, 0.2) is 27.3 Å². The molecule has 4 nitrogen and oxygen atoms in total. The van der Waals surface area contributed by atoms with Crippen molar-refractivity contribution in [2.24, 2.45) is 0 Å². The minimum atomic E-state index is 0.309. The zero-order valence-electron chi connectivity index (χ0n) is 9.66. The number of anilines is 1. The molecule has 0 radical (unpaired) electrons. The van der Waals surface area contributed by atoms with Gasteiger partial charge in [-0.25, -0.2) is 0 Å². The van der Waals surface area contributed by atoms with E-state index < -0.39 is 0 Å². The van der Waals surface area contributed by atoms with Gasteiger partial charge in [0.25, 0.3) is 0 Å². The topological polar surface area (TPSA) is 61.3 Å². The van der Waals surface area contributed by atoms with E-state index in [0.717, 1.165) is 33.3 Å². The van der Waals surface area contributed by atoms with E-state index >= 15 is 0 Å². The van der Waals surface area contributed by atoms with Gasteiger partial charge in [0.05, 0.1) is 18.9 Å². The third-order valence-electron chi connectivity index (χ3n) is 2.64. The Morgan fingerprint density at radius 2 is 2.24 bits per heavy atom. The van der Waals surface area contributed by atoms with Gasteiger partial charge in [-0.15, -0.1) is 0 Å². The number of nitrogens with zero attached hydrogens (tertiary/aromatic N) is 1. The van der Waals surface area contributed by atoms with Crippen molar-refractivity contribution in [3.63, 3.8) is 0 Å². The molecule has 5 heteroatoms. The standard InChI is InChI=1S/C12H13BrN2O2/c1-3-8-10(13)4-7(5-11(8)16-2)9-6-15-17-12(9)14/h4-6H,3,14H2,1-2H3. The summed E-state index contributed by atoms with van der Waals surface area (Å²) in [6.07, 6.45) is 2.49. The first-order chi connectivity index (χ1) is 8.17. The molecule has 0 atom stereocenters. The number of rotatable bonds is 3. The average Bonchev–Trinajstić information content (AvgIpc) is 2.74. The fourth-order valence-electron chi connectivity index (χ4n) is 1.76. The van der Waals surface area contributed by atoms with Gasteiger partial charge in [-0.05, 0) is 24.1 Å². The van der Waals surface area contributed by atoms with Crippen LogP contribution >= 0.6 is 15.9 Å². The van der Waals surface area contributed by atoms with E-state index in [1.165, 1.54) is 0 Å². The Bertz CT molecular complexity index is 537. The largest absolute Gasteiger partial charge is 0.496 e. The smallest absolute Gasteiger partial charge is 0.229 e. The van der Waals surface area contributed by atoms with Gasteiger partial charge in [-0.1, -0.05) is 28.0 Å². The van der Waals surface area contributed by atoms with Crippen molar-refractivity contribution in [1.29, 1.82) is 0 Å². The quantitative estimate of drug-likeness (QED) is 0.944. The normalized spacial score (nSPS) is 10.5. The van der Waals surface area contributed by atoms with Crippen LogP contribution in [0.5, 0.6) is 5.75 Å². The highest BCUT2D eigenvalue weighted by Crippen LogP contribution is 2.35. The Hall–Kier alpha value is -1.49. The van der Waals surface area contributed by atoms with Crippen molar-refractivity contribution in [2.45, 2.75) is 13.3 Å². The van der Waals surface area contributed by atoms with Crippen LogP contribution in [0.1, 0.15) is 12.5 Å². The predicted molar refractivity (Wildman–Crippen MR) is 70.0 cm³/mol. The predicted octanol–water partition coefficient (Wildman–Crippen LogP) is 3.26. The second-order valence-electron chi connectivity index (χ2n) is 3.60. The summed E-state index contributed by atoms with van der Waals surface area (Å²) >= 11 is 3.54. The Morgan fingerprint density at radius 1 is 1.47 bits per heavy atom. The summed E-state index contributed by atoms with van der Waals surface area (Å²) in [5.74, 6) is 1.14. The van der Waals surface area contributed by atoms with Crippen molar-refractivity contribution in [2.75, 3.05) is 12.8 Å². The molecule has 2 rings (SSSR count). The first-order valence-electron chi connectivity index (χ1n) is 5.24. The number of nitrogens with two attached hydrogens (primary N) is 1. The lowest BCUT2D eigenvalue weighted by atomic mass is 10.0. The zero-order chi connectivity index (χ0) is 12.4. The van der Waals surface area contributed by atoms with E-state index in [9.17, 15) is 0 Å². The molecule has 0 aliphatic carbocycles. The minimum absolute atomic E-state index is 0.309. The molecule has 1 aromatic heterocycles. The second kappa shape index (κ2) is 4.79. The molecule has 0 saturated heterocycles. The van der Waals surface area contributed by atoms with Crippen LogP contribution < -0.4 is 10.5 Å². The number of methoxy groups -OCH3 is 1. The molecule has 0 fully saturated rings. The fourth-order valence-corrected chi connectivity index (χ4v) is 2.48. The van der Waals surface area contributed by atoms with Gasteiger partial charge in [-0.2, -0.15) is 0 Å². The average molecular weight is 297 g/mol. The number of halogens is 1. The van der Waals surface area contributed by atoms with E-state index in [0.29, 0.717) is 5.88 Å². The van der Waals surface area contributed by atoms with Gasteiger partial charge in [0.2, 0.25) is 5.88 Å². The summed E-state index contributed by atoms with van der Waals surface area (Å²) in [5.41, 5.74) is 8.52. The first-order valence-corrected chi connectivity index (χ1v) is 6.03. The van der Waals surface area contributed by atoms with Crippen LogP contribution in [0.4, 0.5) is 5.88 Å². The molecule has 0 aliphatic heterocycles. The number of benzene rings is 1. The van der Waals surface area contributed by atoms with Gasteiger partial charge in [0, 0.05) is 10.0 Å². The number of aromatic nitrogens is 1. The van der Waals surface area contributed by atoms with Crippen LogP contribution in [-0.4, -0.2) is 12.3 Å². The van der Waals surface area contributed by atoms with Crippen molar-refractivity contribution in [3.8, 4) is 16.9 Å². The zero-order valence-corrected chi connectivity index (χ0v) is 11.2. The fraction of sp³-hybridized carbons (Fsp3) is 0.250. The highest BCUT2D eigenvalue weighted by atomic mass is 79.9. The number of hydrogen-bond acceptors (Lipinski definition) is 4. The minimum Gasteiger partial charge on any atom is -0.496 e. The Labute approximate surface area is 108 Å². The molecule has 17 heavy (non-hydrogen) atoms. The molecule has 0 saturated carbocycles. The maximum absolute atomic E-state index is 5.70. The van der Waals surface area contributed by atoms with Crippen molar-refractivity contribution >= 4 is 21.8 Å². The monoisotopic (exact) mass is 296 g/mol. The Kier molecular flexibility index (Phi) is 3.38. The van der Waals surface area contributed by atoms with E-state index in [2.05, 4.69) is 28.0 Å². The molecule has 2 N–H and O–H groups in total. The molecule has 0 amide bonds. The second-order valence-corrected chi connectivity index (χ2v) is 4.45. The summed E-state index contributed by atoms with van der Waals surface area (Å²) in [6.45, 7) is 2.08. The molecule has 0 bridgehead atoms. The highest BCUT2D eigenvalue weighted by Gasteiger charge is 2.13. The van der Waals surface area contributed by atoms with E-state index in [1.54, 1.807) is 13.3 Å². The molecule has 90 valence electrons. The number of ether oxygens (including phenoxy) is 1. The summed E-state index contributed by atoms with van der Waals surface area (Å²) in [4.78, 5) is 0. The molecular formula is C12H13BrN2O2. The summed E-state index contributed by atoms with van der Waals surface area (Å²) in [6, 6.07) is 3.93. The molecular weight excluding hydrogens is 284 g/mol. The highest BCUT2D eigenvalue weighted by molar-refractivity contribution is 9.10. The lowest BCUT2D eigenvalue weighted by molar-refractivity contribution is 0.410. The van der Waals surface area contributed by atoms with Gasteiger partial charge < -0.3 is 15.0 Å². The van der Waals surface area contributed by atoms with Crippen LogP contribution in [0.25, 0.3) is 11.1 Å². The number of hydrogen-bond donors (Lipinski definition) is 1. The van der Waals surface area contributed by atoms with Crippen LogP contribution in [0.3, 0.4) is 0 Å². The first kappa shape index (κ1) is 12.0. The van der Waals surface area contributed by atoms with Gasteiger partial charge in [0.15, 0.2) is 0 Å². The van der Waals surface area contributed by atoms with E-state index in [4.69, 9.17) is 15.0 Å². The van der Waals surface area contributed by atoms with Crippen molar-refractivity contribution < 1.29 is 9.26 Å². The van der Waals surface area contributed by atoms with Gasteiger partial charge in [-0.3, -0.25) is 0 Å². The molecule has 0 spiro atoms. The van der Waals surface area contributed by atoms with Crippen LogP contribution in [-0.2, 0) is 6.42 Å². The summed E-state index contributed by atoms with van der Waals surface area (Å²) in [5, 5.41) is 3.67. The van der Waals surface area contributed by atoms with Crippen LogP contribution in [0.2, 0.25) is 0 Å². The van der Waals surface area contributed by atoms with Crippen molar-refractivity contribution in [1.82, 2.24) is 5.16 Å². The van der Waals surface area contributed by atoms with Crippen LogP contribution in [0, 0.1) is 0 Å². The molecule has 1 heterocycles. The maximum Gasteiger partial charge on any atom is 0.229 e. The lowest BCUT2D eigenvalue weighted by Crippen LogP contribution is -1.94. The molecule has 0 aliphatic rings. The third-order valence-corrected chi connectivity index (χ3v) is 3.34. The van der Waals surface area contributed by atoms with E-state index in [-0.39, 0.29) is 0 Å². The third kappa shape index (κ3) is 2.15. The van der Waals surface area contributed by atoms with Crippen molar-refractivity contribution in [3.05, 3.63) is 28.4 Å². The molecule has 2 aromatic rings. The Balaban J connectivity index is 2.58. The van der Waals surface area contributed by atoms with Gasteiger partial charge >= 0.3 is 0 Å². The number of nitrogen functional groups attached to an aromatic ring is 1. The van der Waals surface area contributed by atoms with E-state index in [1.807, 2.05) is 12.1 Å². The molecule has 1 aromatic carbocycles. The molecule has 0 unspecified atom stereocenters.